The minimum Gasteiger partial charge on any atom is -0.352 e. The van der Waals surface area contributed by atoms with Crippen LogP contribution in [0.15, 0.2) is 28.0 Å². The van der Waals surface area contributed by atoms with E-state index in [1.165, 1.54) is 23.9 Å². The van der Waals surface area contributed by atoms with E-state index in [0.717, 1.165) is 38.2 Å². The highest BCUT2D eigenvalue weighted by Crippen LogP contribution is 2.32. The molecule has 0 spiro atoms. The fourth-order valence-corrected chi connectivity index (χ4v) is 4.92. The average molecular weight is 430 g/mol. The molecule has 0 unspecified atom stereocenters. The Labute approximate surface area is 170 Å². The molecule has 1 aliphatic carbocycles. The number of benzene rings is 1. The lowest BCUT2D eigenvalue weighted by molar-refractivity contribution is -0.388. The molecule has 0 radical (unpaired) electrons. The molecule has 1 saturated carbocycles. The molecule has 1 fully saturated rings. The summed E-state index contributed by atoms with van der Waals surface area (Å²) < 4.78 is 27.2. The molecule has 0 heterocycles. The van der Waals surface area contributed by atoms with Gasteiger partial charge in [-0.15, -0.1) is 11.8 Å². The number of hydrogen-bond acceptors (Lipinski definition) is 6. The lowest BCUT2D eigenvalue weighted by atomic mass is 9.95. The molecule has 1 aromatic rings. The van der Waals surface area contributed by atoms with Gasteiger partial charge in [0, 0.05) is 17.9 Å². The van der Waals surface area contributed by atoms with Gasteiger partial charge in [-0.25, -0.2) is 13.1 Å². The quantitative estimate of drug-likeness (QED) is 0.354. The van der Waals surface area contributed by atoms with Crippen LogP contribution in [0.4, 0.5) is 5.69 Å². The molecule has 0 aromatic heterocycles. The summed E-state index contributed by atoms with van der Waals surface area (Å²) in [5, 5.41) is 14.2. The molecule has 1 aliphatic rings. The molecule has 8 nitrogen and oxygen atoms in total. The zero-order chi connectivity index (χ0) is 20.7. The summed E-state index contributed by atoms with van der Waals surface area (Å²) in [4.78, 5) is 23.0. The predicted octanol–water partition coefficient (Wildman–Crippen LogP) is 3.07. The van der Waals surface area contributed by atoms with Gasteiger partial charge in [0.25, 0.3) is 5.69 Å². The van der Waals surface area contributed by atoms with Crippen LogP contribution in [-0.2, 0) is 14.8 Å². The zero-order valence-electron chi connectivity index (χ0n) is 16.1. The minimum absolute atomic E-state index is 0.0871. The predicted molar refractivity (Wildman–Crippen MR) is 109 cm³/mol. The molecule has 1 amide bonds. The van der Waals surface area contributed by atoms with Gasteiger partial charge in [-0.05, 0) is 30.9 Å². The van der Waals surface area contributed by atoms with E-state index >= 15 is 0 Å². The van der Waals surface area contributed by atoms with Crippen molar-refractivity contribution >= 4 is 33.4 Å². The molecule has 2 N–H and O–H groups in total. The van der Waals surface area contributed by atoms with Crippen molar-refractivity contribution in [3.63, 3.8) is 0 Å². The van der Waals surface area contributed by atoms with Crippen LogP contribution < -0.4 is 10.0 Å². The average Bonchev–Trinajstić information content (AvgIpc) is 2.65. The van der Waals surface area contributed by atoms with E-state index in [0.29, 0.717) is 16.6 Å². The van der Waals surface area contributed by atoms with Gasteiger partial charge < -0.3 is 5.32 Å². The number of sulfonamides is 1. The van der Waals surface area contributed by atoms with Crippen molar-refractivity contribution in [1.29, 1.82) is 0 Å². The van der Waals surface area contributed by atoms with Gasteiger partial charge in [-0.2, -0.15) is 0 Å². The Morgan fingerprint density at radius 3 is 2.57 bits per heavy atom. The van der Waals surface area contributed by atoms with Gasteiger partial charge in [-0.3, -0.25) is 14.9 Å². The molecule has 28 heavy (non-hydrogen) atoms. The van der Waals surface area contributed by atoms with Crippen molar-refractivity contribution in [3.8, 4) is 0 Å². The molecule has 0 saturated heterocycles. The van der Waals surface area contributed by atoms with Crippen molar-refractivity contribution in [2.75, 3.05) is 12.3 Å². The standard InChI is InChI=1S/C18H27N3O5S2/c1-13(2)12-27-17-9-8-15(10-16(17)21(23)24)28(25,26)19-11-18(22)20-14-6-4-3-5-7-14/h8-10,13-14,19H,3-7,11-12H2,1-2H3,(H,20,22). The van der Waals surface area contributed by atoms with E-state index < -0.39 is 27.4 Å². The number of nitro groups is 1. The van der Waals surface area contributed by atoms with Crippen molar-refractivity contribution in [3.05, 3.63) is 28.3 Å². The number of nitrogens with one attached hydrogen (secondary N) is 2. The van der Waals surface area contributed by atoms with Gasteiger partial charge in [0.2, 0.25) is 15.9 Å². The highest BCUT2D eigenvalue weighted by Gasteiger charge is 2.23. The molecular weight excluding hydrogens is 402 g/mol. The van der Waals surface area contributed by atoms with E-state index in [2.05, 4.69) is 10.0 Å². The fourth-order valence-electron chi connectivity index (χ4n) is 2.96. The number of nitrogens with zero attached hydrogens (tertiary/aromatic N) is 1. The fraction of sp³-hybridized carbons (Fsp3) is 0.611. The summed E-state index contributed by atoms with van der Waals surface area (Å²) in [6, 6.07) is 3.91. The SMILES string of the molecule is CC(C)CSc1ccc(S(=O)(=O)NCC(=O)NC2CCCCC2)cc1[N+](=O)[O-]. The van der Waals surface area contributed by atoms with Crippen LogP contribution in [0.2, 0.25) is 0 Å². The maximum atomic E-state index is 12.5. The number of thioether (sulfide) groups is 1. The Morgan fingerprint density at radius 2 is 1.96 bits per heavy atom. The normalized spacial score (nSPS) is 15.5. The van der Waals surface area contributed by atoms with Gasteiger partial charge in [-0.1, -0.05) is 33.1 Å². The Hall–Kier alpha value is -1.65. The first-order valence-corrected chi connectivity index (χ1v) is 11.9. The number of nitro benzene ring substituents is 1. The Balaban J connectivity index is 2.04. The molecule has 10 heteroatoms. The molecular formula is C18H27N3O5S2. The van der Waals surface area contributed by atoms with Gasteiger partial charge in [0.05, 0.1) is 21.3 Å². The van der Waals surface area contributed by atoms with Crippen LogP contribution in [0, 0.1) is 16.0 Å². The summed E-state index contributed by atoms with van der Waals surface area (Å²) in [7, 11) is -4.02. The minimum atomic E-state index is -4.02. The monoisotopic (exact) mass is 429 g/mol. The van der Waals surface area contributed by atoms with Crippen LogP contribution in [0.25, 0.3) is 0 Å². The lowest BCUT2D eigenvalue weighted by Crippen LogP contribution is -2.42. The zero-order valence-corrected chi connectivity index (χ0v) is 17.8. The largest absolute Gasteiger partial charge is 0.352 e. The molecule has 1 aromatic carbocycles. The highest BCUT2D eigenvalue weighted by molar-refractivity contribution is 7.99. The van der Waals surface area contributed by atoms with Crippen LogP contribution >= 0.6 is 11.8 Å². The molecule has 2 rings (SSSR count). The van der Waals surface area contributed by atoms with Gasteiger partial charge >= 0.3 is 0 Å². The topological polar surface area (TPSA) is 118 Å². The van der Waals surface area contributed by atoms with Crippen molar-refractivity contribution < 1.29 is 18.1 Å². The Morgan fingerprint density at radius 1 is 1.29 bits per heavy atom. The summed E-state index contributed by atoms with van der Waals surface area (Å²) in [5.41, 5.74) is -0.250. The van der Waals surface area contributed by atoms with Crippen molar-refractivity contribution in [2.45, 2.75) is 61.8 Å². The maximum absolute atomic E-state index is 12.5. The van der Waals surface area contributed by atoms with E-state index in [1.807, 2.05) is 13.8 Å². The lowest BCUT2D eigenvalue weighted by Gasteiger charge is -2.22. The van der Waals surface area contributed by atoms with Crippen LogP contribution in [0.3, 0.4) is 0 Å². The third-order valence-corrected chi connectivity index (χ3v) is 7.29. The second-order valence-corrected chi connectivity index (χ2v) is 10.1. The molecule has 0 bridgehead atoms. The first kappa shape index (κ1) is 22.6. The number of carbonyl (C=O) groups is 1. The smallest absolute Gasteiger partial charge is 0.284 e. The van der Waals surface area contributed by atoms with E-state index in [1.54, 1.807) is 0 Å². The number of amides is 1. The van der Waals surface area contributed by atoms with E-state index in [9.17, 15) is 23.3 Å². The van der Waals surface area contributed by atoms with Crippen molar-refractivity contribution in [2.24, 2.45) is 5.92 Å². The Bertz CT molecular complexity index is 805. The van der Waals surface area contributed by atoms with E-state index in [-0.39, 0.29) is 16.6 Å². The Kier molecular flexibility index (Phi) is 8.26. The number of hydrogen-bond donors (Lipinski definition) is 2. The maximum Gasteiger partial charge on any atom is 0.284 e. The van der Waals surface area contributed by atoms with Crippen molar-refractivity contribution in [1.82, 2.24) is 10.0 Å². The highest BCUT2D eigenvalue weighted by atomic mass is 32.2. The second kappa shape index (κ2) is 10.2. The summed E-state index contributed by atoms with van der Waals surface area (Å²) >= 11 is 1.32. The van der Waals surface area contributed by atoms with Crippen LogP contribution in [0.1, 0.15) is 46.0 Å². The van der Waals surface area contributed by atoms with E-state index in [4.69, 9.17) is 0 Å². The van der Waals surface area contributed by atoms with Gasteiger partial charge in [0.15, 0.2) is 0 Å². The second-order valence-electron chi connectivity index (χ2n) is 7.32. The summed E-state index contributed by atoms with van der Waals surface area (Å²) in [5.74, 6) is 0.637. The summed E-state index contributed by atoms with van der Waals surface area (Å²) in [6.07, 6.45) is 5.08. The summed E-state index contributed by atoms with van der Waals surface area (Å²) in [6.45, 7) is 3.61. The molecule has 0 aliphatic heterocycles. The molecule has 156 valence electrons. The third kappa shape index (κ3) is 6.75. The van der Waals surface area contributed by atoms with Crippen LogP contribution in [-0.4, -0.2) is 37.6 Å². The first-order chi connectivity index (χ1) is 13.2. The number of carbonyl (C=O) groups excluding carboxylic acids is 1. The third-order valence-electron chi connectivity index (χ3n) is 4.40. The van der Waals surface area contributed by atoms with Crippen LogP contribution in [0.5, 0.6) is 0 Å². The first-order valence-electron chi connectivity index (χ1n) is 9.39. The number of rotatable bonds is 9. The molecule has 0 atom stereocenters. The van der Waals surface area contributed by atoms with Gasteiger partial charge in [0.1, 0.15) is 0 Å².